The van der Waals surface area contributed by atoms with Gasteiger partial charge in [-0.2, -0.15) is 5.10 Å². The number of benzene rings is 1. The highest BCUT2D eigenvalue weighted by Crippen LogP contribution is 2.18. The highest BCUT2D eigenvalue weighted by Gasteiger charge is 2.22. The molecule has 7 nitrogen and oxygen atoms in total. The maximum atomic E-state index is 13.0. The van der Waals surface area contributed by atoms with E-state index >= 15 is 0 Å². The van der Waals surface area contributed by atoms with Gasteiger partial charge in [0.15, 0.2) is 5.65 Å². The lowest BCUT2D eigenvalue weighted by molar-refractivity contribution is 0.0781. The first-order chi connectivity index (χ1) is 12.1. The Hall–Kier alpha value is -3.22. The summed E-state index contributed by atoms with van der Waals surface area (Å²) in [5.41, 5.74) is 3.74. The van der Waals surface area contributed by atoms with Crippen LogP contribution in [0.15, 0.2) is 42.7 Å². The van der Waals surface area contributed by atoms with Crippen LogP contribution in [-0.4, -0.2) is 42.0 Å². The van der Waals surface area contributed by atoms with Gasteiger partial charge in [0.25, 0.3) is 5.91 Å². The lowest BCUT2D eigenvalue weighted by Gasteiger charge is -2.16. The second kappa shape index (κ2) is 5.70. The van der Waals surface area contributed by atoms with Gasteiger partial charge in [0, 0.05) is 26.5 Å². The van der Waals surface area contributed by atoms with Crippen LogP contribution in [0.1, 0.15) is 21.9 Å². The van der Waals surface area contributed by atoms with E-state index in [2.05, 4.69) is 15.1 Å². The number of para-hydroxylation sites is 2. The van der Waals surface area contributed by atoms with Crippen molar-refractivity contribution < 1.29 is 4.79 Å². The second-order valence-corrected chi connectivity index (χ2v) is 6.09. The van der Waals surface area contributed by atoms with Gasteiger partial charge >= 0.3 is 0 Å². The average Bonchev–Trinajstić information content (AvgIpc) is 3.11. The van der Waals surface area contributed by atoms with E-state index in [1.54, 1.807) is 34.9 Å². The molecule has 3 aromatic heterocycles. The van der Waals surface area contributed by atoms with Crippen molar-refractivity contribution in [1.82, 2.24) is 29.0 Å². The molecule has 0 fully saturated rings. The van der Waals surface area contributed by atoms with Crippen LogP contribution in [0.4, 0.5) is 0 Å². The molecule has 0 N–H and O–H groups in total. The van der Waals surface area contributed by atoms with Crippen LogP contribution in [0, 0.1) is 6.92 Å². The van der Waals surface area contributed by atoms with Gasteiger partial charge in [-0.25, -0.2) is 14.5 Å². The highest BCUT2D eigenvalue weighted by atomic mass is 16.2. The van der Waals surface area contributed by atoms with Crippen molar-refractivity contribution in [2.45, 2.75) is 13.5 Å². The average molecular weight is 334 g/mol. The number of fused-ring (bicyclic) bond motifs is 2. The Morgan fingerprint density at radius 2 is 2.04 bits per heavy atom. The van der Waals surface area contributed by atoms with E-state index in [4.69, 9.17) is 0 Å². The maximum absolute atomic E-state index is 13.0. The Balaban J connectivity index is 1.68. The predicted octanol–water partition coefficient (Wildman–Crippen LogP) is 2.20. The molecule has 1 aromatic carbocycles. The Kier molecular flexibility index (Phi) is 3.49. The zero-order chi connectivity index (χ0) is 17.6. The molecule has 0 spiro atoms. The fourth-order valence-corrected chi connectivity index (χ4v) is 3.06. The lowest BCUT2D eigenvalue weighted by Crippen LogP contribution is -2.28. The number of imidazole rings is 1. The Morgan fingerprint density at radius 1 is 1.24 bits per heavy atom. The quantitative estimate of drug-likeness (QED) is 0.576. The molecule has 0 saturated carbocycles. The van der Waals surface area contributed by atoms with Gasteiger partial charge in [0.2, 0.25) is 0 Å². The van der Waals surface area contributed by atoms with Crippen LogP contribution < -0.4 is 0 Å². The number of aryl methyl sites for hydroxylation is 2. The first-order valence-corrected chi connectivity index (χ1v) is 8.02. The van der Waals surface area contributed by atoms with Gasteiger partial charge in [0.1, 0.15) is 11.4 Å². The third-order valence-corrected chi connectivity index (χ3v) is 4.39. The summed E-state index contributed by atoms with van der Waals surface area (Å²) < 4.78 is 3.64. The second-order valence-electron chi connectivity index (χ2n) is 6.09. The highest BCUT2D eigenvalue weighted by molar-refractivity contribution is 6.00. The van der Waals surface area contributed by atoms with Crippen molar-refractivity contribution in [1.29, 1.82) is 0 Å². The lowest BCUT2D eigenvalue weighted by atomic mass is 10.2. The molecule has 0 radical (unpaired) electrons. The smallest absolute Gasteiger partial charge is 0.259 e. The van der Waals surface area contributed by atoms with Crippen LogP contribution in [0.5, 0.6) is 0 Å². The third kappa shape index (κ3) is 2.44. The zero-order valence-corrected chi connectivity index (χ0v) is 14.3. The molecule has 25 heavy (non-hydrogen) atoms. The van der Waals surface area contributed by atoms with Crippen molar-refractivity contribution in [3.8, 4) is 0 Å². The Labute approximate surface area is 144 Å². The maximum Gasteiger partial charge on any atom is 0.259 e. The number of hydrogen-bond acceptors (Lipinski definition) is 4. The number of carbonyl (C=O) groups is 1. The number of nitrogens with zero attached hydrogens (tertiary/aromatic N) is 6. The Bertz CT molecular complexity index is 1090. The van der Waals surface area contributed by atoms with Crippen molar-refractivity contribution in [3.05, 3.63) is 59.8 Å². The minimum Gasteiger partial charge on any atom is -0.334 e. The van der Waals surface area contributed by atoms with Crippen LogP contribution >= 0.6 is 0 Å². The topological polar surface area (TPSA) is 68.3 Å². The van der Waals surface area contributed by atoms with Crippen molar-refractivity contribution in [2.24, 2.45) is 7.05 Å². The molecular weight excluding hydrogens is 316 g/mol. The van der Waals surface area contributed by atoms with E-state index in [0.717, 1.165) is 16.9 Å². The molecule has 0 aliphatic rings. The molecule has 0 aliphatic heterocycles. The fourth-order valence-electron chi connectivity index (χ4n) is 3.06. The predicted molar refractivity (Wildman–Crippen MR) is 94.2 cm³/mol. The molecule has 1 amide bonds. The summed E-state index contributed by atoms with van der Waals surface area (Å²) >= 11 is 0. The van der Waals surface area contributed by atoms with Crippen LogP contribution in [0.2, 0.25) is 0 Å². The van der Waals surface area contributed by atoms with Gasteiger partial charge in [-0.05, 0) is 25.1 Å². The summed E-state index contributed by atoms with van der Waals surface area (Å²) in [6, 6.07) is 9.72. The molecule has 0 atom stereocenters. The summed E-state index contributed by atoms with van der Waals surface area (Å²) in [6.45, 7) is 2.23. The number of carbonyl (C=O) groups excluding carboxylic acids is 1. The molecule has 0 aliphatic carbocycles. The summed E-state index contributed by atoms with van der Waals surface area (Å²) in [7, 11) is 3.73. The molecule has 4 rings (SSSR count). The van der Waals surface area contributed by atoms with Gasteiger partial charge in [-0.1, -0.05) is 12.1 Å². The van der Waals surface area contributed by atoms with Crippen molar-refractivity contribution in [3.63, 3.8) is 0 Å². The van der Waals surface area contributed by atoms with Crippen LogP contribution in [-0.2, 0) is 13.6 Å². The third-order valence-electron chi connectivity index (χ3n) is 4.39. The van der Waals surface area contributed by atoms with E-state index < -0.39 is 0 Å². The first-order valence-electron chi connectivity index (χ1n) is 8.02. The van der Waals surface area contributed by atoms with E-state index in [9.17, 15) is 4.79 Å². The zero-order valence-electron chi connectivity index (χ0n) is 14.3. The molecule has 7 heteroatoms. The molecule has 126 valence electrons. The summed E-state index contributed by atoms with van der Waals surface area (Å²) in [6.07, 6.45) is 3.45. The summed E-state index contributed by atoms with van der Waals surface area (Å²) in [5, 5.41) is 4.36. The number of amides is 1. The molecule has 4 aromatic rings. The first kappa shape index (κ1) is 15.3. The minimum atomic E-state index is -0.113. The van der Waals surface area contributed by atoms with Gasteiger partial charge in [0.05, 0.1) is 23.3 Å². The molecule has 3 heterocycles. The molecule has 0 bridgehead atoms. The molecule has 0 unspecified atom stereocenters. The fraction of sp³-hybridized carbons (Fsp3) is 0.222. The minimum absolute atomic E-state index is 0.113. The largest absolute Gasteiger partial charge is 0.334 e. The van der Waals surface area contributed by atoms with Gasteiger partial charge < -0.3 is 9.47 Å². The van der Waals surface area contributed by atoms with E-state index in [1.807, 2.05) is 42.8 Å². The summed E-state index contributed by atoms with van der Waals surface area (Å²) in [4.78, 5) is 23.5. The molecular formula is C18H18N6O. The monoisotopic (exact) mass is 334 g/mol. The van der Waals surface area contributed by atoms with Crippen molar-refractivity contribution in [2.75, 3.05) is 7.05 Å². The van der Waals surface area contributed by atoms with Crippen LogP contribution in [0.3, 0.4) is 0 Å². The Morgan fingerprint density at radius 3 is 2.84 bits per heavy atom. The number of hydrogen-bond donors (Lipinski definition) is 0. The SMILES string of the molecule is Cc1nn2cccnc2c1C(=O)N(C)Cc1nc2ccccc2n1C. The van der Waals surface area contributed by atoms with E-state index in [-0.39, 0.29) is 5.91 Å². The summed E-state index contributed by atoms with van der Waals surface area (Å²) in [5.74, 6) is 0.720. The van der Waals surface area contributed by atoms with Crippen molar-refractivity contribution >= 4 is 22.6 Å². The van der Waals surface area contributed by atoms with Gasteiger partial charge in [-0.15, -0.1) is 0 Å². The standard InChI is InChI=1S/C18H18N6O/c1-12-16(17-19-9-6-10-24(17)21-12)18(25)22(2)11-15-20-13-7-4-5-8-14(13)23(15)3/h4-10H,11H2,1-3H3. The molecule has 0 saturated heterocycles. The van der Waals surface area contributed by atoms with Gasteiger partial charge in [-0.3, -0.25) is 4.79 Å². The number of rotatable bonds is 3. The van der Waals surface area contributed by atoms with E-state index in [0.29, 0.717) is 23.4 Å². The van der Waals surface area contributed by atoms with Crippen LogP contribution in [0.25, 0.3) is 16.7 Å². The number of aromatic nitrogens is 5. The normalized spacial score (nSPS) is 11.3. The van der Waals surface area contributed by atoms with E-state index in [1.165, 1.54) is 0 Å².